The second-order valence-electron chi connectivity index (χ2n) is 4.72. The Bertz CT molecular complexity index is 145. The van der Waals surface area contributed by atoms with E-state index < -0.39 is 0 Å². The maximum absolute atomic E-state index is 5.40. The Kier molecular flexibility index (Phi) is 7.03. The highest BCUT2D eigenvalue weighted by atomic mass is 16.5. The fourth-order valence-electron chi connectivity index (χ4n) is 2.03. The highest BCUT2D eigenvalue weighted by Gasteiger charge is 2.16. The van der Waals surface area contributed by atoms with Crippen LogP contribution in [0.4, 0.5) is 0 Å². The van der Waals surface area contributed by atoms with E-state index >= 15 is 0 Å². The molecule has 1 saturated carbocycles. The predicted molar refractivity (Wildman–Crippen MR) is 65.1 cm³/mol. The molecular formula is C13H27NO. The minimum Gasteiger partial charge on any atom is -0.382 e. The lowest BCUT2D eigenvalue weighted by molar-refractivity contribution is 0.130. The molecule has 1 aliphatic rings. The van der Waals surface area contributed by atoms with Crippen LogP contribution < -0.4 is 5.32 Å². The highest BCUT2D eigenvalue weighted by molar-refractivity contribution is 4.72. The Morgan fingerprint density at radius 1 is 1.33 bits per heavy atom. The molecule has 0 aromatic carbocycles. The zero-order chi connectivity index (χ0) is 10.9. The maximum Gasteiger partial charge on any atom is 0.0469 e. The molecule has 1 fully saturated rings. The smallest absolute Gasteiger partial charge is 0.0469 e. The van der Waals surface area contributed by atoms with Crippen LogP contribution >= 0.6 is 0 Å². The molecule has 0 saturated heterocycles. The average Bonchev–Trinajstić information content (AvgIpc) is 2.19. The second-order valence-corrected chi connectivity index (χ2v) is 4.72. The molecule has 1 rings (SSSR count). The highest BCUT2D eigenvalue weighted by Crippen LogP contribution is 2.25. The van der Waals surface area contributed by atoms with E-state index in [1.807, 2.05) is 0 Å². The SMILES string of the molecule is CCOCC[C@@H](CC)CNCC1CCC1. The Balaban J connectivity index is 1.94. The summed E-state index contributed by atoms with van der Waals surface area (Å²) in [5.41, 5.74) is 0. The van der Waals surface area contributed by atoms with E-state index in [1.54, 1.807) is 0 Å². The van der Waals surface area contributed by atoms with E-state index in [0.717, 1.165) is 25.0 Å². The van der Waals surface area contributed by atoms with Crippen LogP contribution in [-0.4, -0.2) is 26.3 Å². The Labute approximate surface area is 94.8 Å². The normalized spacial score (nSPS) is 18.8. The minimum absolute atomic E-state index is 0.802. The number of hydrogen-bond donors (Lipinski definition) is 1. The maximum atomic E-state index is 5.40. The van der Waals surface area contributed by atoms with Crippen LogP contribution in [0.2, 0.25) is 0 Å². The van der Waals surface area contributed by atoms with E-state index in [1.165, 1.54) is 45.2 Å². The molecule has 0 heterocycles. The van der Waals surface area contributed by atoms with Gasteiger partial charge in [0.25, 0.3) is 0 Å². The van der Waals surface area contributed by atoms with Crippen molar-refractivity contribution in [3.05, 3.63) is 0 Å². The van der Waals surface area contributed by atoms with Crippen molar-refractivity contribution in [2.24, 2.45) is 11.8 Å². The molecule has 0 bridgehead atoms. The Morgan fingerprint density at radius 2 is 2.13 bits per heavy atom. The van der Waals surface area contributed by atoms with Gasteiger partial charge in [-0.15, -0.1) is 0 Å². The lowest BCUT2D eigenvalue weighted by Crippen LogP contribution is -2.31. The van der Waals surface area contributed by atoms with Crippen LogP contribution in [0.25, 0.3) is 0 Å². The van der Waals surface area contributed by atoms with Crippen LogP contribution in [0.15, 0.2) is 0 Å². The summed E-state index contributed by atoms with van der Waals surface area (Å²) in [6.45, 7) is 8.55. The van der Waals surface area contributed by atoms with Gasteiger partial charge in [0.05, 0.1) is 0 Å². The van der Waals surface area contributed by atoms with E-state index in [4.69, 9.17) is 4.74 Å². The van der Waals surface area contributed by atoms with Gasteiger partial charge in [0.15, 0.2) is 0 Å². The molecule has 1 N–H and O–H groups in total. The van der Waals surface area contributed by atoms with Crippen LogP contribution in [0.5, 0.6) is 0 Å². The molecule has 0 aromatic heterocycles. The molecular weight excluding hydrogens is 186 g/mol. The second kappa shape index (κ2) is 8.12. The summed E-state index contributed by atoms with van der Waals surface area (Å²) < 4.78 is 5.40. The van der Waals surface area contributed by atoms with Crippen molar-refractivity contribution in [2.45, 2.75) is 46.0 Å². The molecule has 1 atom stereocenters. The van der Waals surface area contributed by atoms with Gasteiger partial charge in [-0.05, 0) is 51.1 Å². The number of ether oxygens (including phenoxy) is 1. The number of nitrogens with one attached hydrogen (secondary N) is 1. The van der Waals surface area contributed by atoms with Gasteiger partial charge in [0, 0.05) is 13.2 Å². The van der Waals surface area contributed by atoms with Crippen molar-refractivity contribution in [3.8, 4) is 0 Å². The van der Waals surface area contributed by atoms with Gasteiger partial charge < -0.3 is 10.1 Å². The van der Waals surface area contributed by atoms with Gasteiger partial charge in [-0.1, -0.05) is 19.8 Å². The lowest BCUT2D eigenvalue weighted by Gasteiger charge is -2.26. The molecule has 0 unspecified atom stereocenters. The largest absolute Gasteiger partial charge is 0.382 e. The van der Waals surface area contributed by atoms with E-state index in [9.17, 15) is 0 Å². The van der Waals surface area contributed by atoms with Crippen LogP contribution in [0, 0.1) is 11.8 Å². The first-order valence-corrected chi connectivity index (χ1v) is 6.65. The monoisotopic (exact) mass is 213 g/mol. The number of rotatable bonds is 9. The van der Waals surface area contributed by atoms with Crippen molar-refractivity contribution in [2.75, 3.05) is 26.3 Å². The molecule has 0 radical (unpaired) electrons. The Hall–Kier alpha value is -0.0800. The van der Waals surface area contributed by atoms with Crippen molar-refractivity contribution in [1.82, 2.24) is 5.32 Å². The predicted octanol–water partition coefficient (Wildman–Crippen LogP) is 2.83. The first-order valence-electron chi connectivity index (χ1n) is 6.65. The molecule has 0 spiro atoms. The molecule has 90 valence electrons. The first kappa shape index (κ1) is 13.0. The van der Waals surface area contributed by atoms with Crippen LogP contribution in [0.1, 0.15) is 46.0 Å². The lowest BCUT2D eigenvalue weighted by atomic mass is 9.85. The van der Waals surface area contributed by atoms with Gasteiger partial charge in [-0.3, -0.25) is 0 Å². The van der Waals surface area contributed by atoms with E-state index in [-0.39, 0.29) is 0 Å². The van der Waals surface area contributed by atoms with Crippen molar-refractivity contribution < 1.29 is 4.74 Å². The quantitative estimate of drug-likeness (QED) is 0.595. The fraction of sp³-hybridized carbons (Fsp3) is 1.00. The van der Waals surface area contributed by atoms with Crippen LogP contribution in [0.3, 0.4) is 0 Å². The first-order chi connectivity index (χ1) is 7.36. The third-order valence-electron chi connectivity index (χ3n) is 3.54. The zero-order valence-corrected chi connectivity index (χ0v) is 10.4. The molecule has 0 amide bonds. The van der Waals surface area contributed by atoms with Crippen molar-refractivity contribution in [3.63, 3.8) is 0 Å². The Morgan fingerprint density at radius 3 is 2.67 bits per heavy atom. The summed E-state index contributed by atoms with van der Waals surface area (Å²) in [6, 6.07) is 0. The topological polar surface area (TPSA) is 21.3 Å². The third kappa shape index (κ3) is 5.53. The van der Waals surface area contributed by atoms with Gasteiger partial charge >= 0.3 is 0 Å². The summed E-state index contributed by atoms with van der Waals surface area (Å²) in [7, 11) is 0. The summed E-state index contributed by atoms with van der Waals surface area (Å²) in [5.74, 6) is 1.78. The zero-order valence-electron chi connectivity index (χ0n) is 10.4. The number of hydrogen-bond acceptors (Lipinski definition) is 2. The van der Waals surface area contributed by atoms with E-state index in [0.29, 0.717) is 0 Å². The summed E-state index contributed by atoms with van der Waals surface area (Å²) in [6.07, 6.45) is 6.83. The van der Waals surface area contributed by atoms with Gasteiger partial charge in [-0.25, -0.2) is 0 Å². The standard InChI is InChI=1S/C13H27NO/c1-3-12(8-9-15-4-2)10-14-11-13-6-5-7-13/h12-14H,3-11H2,1-2H3/t12-/m1/s1. The molecule has 0 aliphatic heterocycles. The average molecular weight is 213 g/mol. The summed E-state index contributed by atoms with van der Waals surface area (Å²) in [4.78, 5) is 0. The molecule has 15 heavy (non-hydrogen) atoms. The molecule has 2 heteroatoms. The molecule has 0 aromatic rings. The molecule has 2 nitrogen and oxygen atoms in total. The third-order valence-corrected chi connectivity index (χ3v) is 3.54. The van der Waals surface area contributed by atoms with Crippen LogP contribution in [-0.2, 0) is 4.74 Å². The van der Waals surface area contributed by atoms with Gasteiger partial charge in [-0.2, -0.15) is 0 Å². The van der Waals surface area contributed by atoms with Gasteiger partial charge in [0.1, 0.15) is 0 Å². The van der Waals surface area contributed by atoms with Crippen molar-refractivity contribution in [1.29, 1.82) is 0 Å². The van der Waals surface area contributed by atoms with Gasteiger partial charge in [0.2, 0.25) is 0 Å². The van der Waals surface area contributed by atoms with Crippen molar-refractivity contribution >= 4 is 0 Å². The minimum atomic E-state index is 0.802. The molecule has 1 aliphatic carbocycles. The van der Waals surface area contributed by atoms with E-state index in [2.05, 4.69) is 19.2 Å². The summed E-state index contributed by atoms with van der Waals surface area (Å²) >= 11 is 0. The fourth-order valence-corrected chi connectivity index (χ4v) is 2.03. The summed E-state index contributed by atoms with van der Waals surface area (Å²) in [5, 5.41) is 3.61.